The van der Waals surface area contributed by atoms with Crippen LogP contribution >= 0.6 is 0 Å². The quantitative estimate of drug-likeness (QED) is 0.575. The maximum Gasteiger partial charge on any atom is 0.240 e. The Balaban J connectivity index is 1.27. The Kier molecular flexibility index (Phi) is 6.62. The number of sulfonamides is 1. The van der Waals surface area contributed by atoms with Gasteiger partial charge in [-0.05, 0) is 55.2 Å². The second-order valence-electron chi connectivity index (χ2n) is 8.71. The minimum Gasteiger partial charge on any atom is -0.378 e. The zero-order chi connectivity index (χ0) is 23.5. The van der Waals surface area contributed by atoms with Crippen molar-refractivity contribution in [2.24, 2.45) is 5.92 Å². The topological polar surface area (TPSA) is 87.7 Å². The fourth-order valence-electron chi connectivity index (χ4n) is 4.51. The second kappa shape index (κ2) is 9.81. The van der Waals surface area contributed by atoms with Crippen LogP contribution in [0.5, 0.6) is 0 Å². The van der Waals surface area contributed by atoms with Crippen molar-refractivity contribution in [3.8, 4) is 0 Å². The van der Waals surface area contributed by atoms with Gasteiger partial charge < -0.3 is 14.5 Å². The lowest BCUT2D eigenvalue weighted by Gasteiger charge is -2.34. The molecule has 2 aromatic heterocycles. The molecule has 4 heterocycles. The molecule has 2 aliphatic rings. The number of ether oxygens (including phenoxy) is 1. The summed E-state index contributed by atoms with van der Waals surface area (Å²) in [5, 5.41) is 1.02. The molecule has 3 aromatic rings. The van der Waals surface area contributed by atoms with Gasteiger partial charge in [-0.25, -0.2) is 22.5 Å². The van der Waals surface area contributed by atoms with Crippen LogP contribution in [0.2, 0.25) is 0 Å². The summed E-state index contributed by atoms with van der Waals surface area (Å²) in [5.74, 6) is 1.61. The van der Waals surface area contributed by atoms with Crippen molar-refractivity contribution < 1.29 is 17.5 Å². The van der Waals surface area contributed by atoms with Crippen LogP contribution in [0, 0.1) is 11.7 Å². The number of nitrogens with one attached hydrogen (secondary N) is 1. The van der Waals surface area contributed by atoms with Gasteiger partial charge in [-0.2, -0.15) is 0 Å². The van der Waals surface area contributed by atoms with Gasteiger partial charge in [0.25, 0.3) is 0 Å². The summed E-state index contributed by atoms with van der Waals surface area (Å²) in [6.45, 7) is 4.92. The maximum atomic E-state index is 13.1. The van der Waals surface area contributed by atoms with Crippen molar-refractivity contribution >= 4 is 32.6 Å². The lowest BCUT2D eigenvalue weighted by molar-refractivity contribution is 0.122. The van der Waals surface area contributed by atoms with Crippen LogP contribution in [0.3, 0.4) is 0 Å². The van der Waals surface area contributed by atoms with E-state index in [9.17, 15) is 12.8 Å². The van der Waals surface area contributed by atoms with Crippen molar-refractivity contribution in [2.75, 3.05) is 55.7 Å². The standard InChI is InChI=1S/C24H28FN5O3S/c25-19-3-5-20(6-4-19)34(31,32)27-17-18-7-10-30(11-8-18)24-21-2-1-9-26-22(21)16-23(28-24)29-12-14-33-15-13-29/h1-6,9,16,18,27H,7-8,10-15,17H2. The first-order chi connectivity index (χ1) is 16.5. The molecule has 0 unspecified atom stereocenters. The van der Waals surface area contributed by atoms with Crippen LogP contribution in [0.25, 0.3) is 10.9 Å². The van der Waals surface area contributed by atoms with Gasteiger partial charge in [-0.1, -0.05) is 0 Å². The van der Waals surface area contributed by atoms with E-state index in [0.29, 0.717) is 19.8 Å². The molecule has 0 spiro atoms. The van der Waals surface area contributed by atoms with E-state index < -0.39 is 15.8 Å². The van der Waals surface area contributed by atoms with Crippen LogP contribution < -0.4 is 14.5 Å². The lowest BCUT2D eigenvalue weighted by Crippen LogP contribution is -2.40. The van der Waals surface area contributed by atoms with E-state index in [1.54, 1.807) is 6.20 Å². The van der Waals surface area contributed by atoms with E-state index in [-0.39, 0.29) is 10.8 Å². The molecule has 2 fully saturated rings. The first-order valence-electron chi connectivity index (χ1n) is 11.6. The Bertz CT molecular complexity index is 1240. The number of pyridine rings is 2. The molecule has 34 heavy (non-hydrogen) atoms. The third-order valence-electron chi connectivity index (χ3n) is 6.50. The summed E-state index contributed by atoms with van der Waals surface area (Å²) >= 11 is 0. The van der Waals surface area contributed by atoms with Crippen LogP contribution in [0.15, 0.2) is 53.6 Å². The number of rotatable bonds is 6. The number of hydrogen-bond acceptors (Lipinski definition) is 7. The number of anilines is 2. The Labute approximate surface area is 198 Å². The van der Waals surface area contributed by atoms with Gasteiger partial charge in [0, 0.05) is 50.4 Å². The highest BCUT2D eigenvalue weighted by atomic mass is 32.2. The average molecular weight is 486 g/mol. The third kappa shape index (κ3) is 4.98. The minimum absolute atomic E-state index is 0.0782. The number of piperidine rings is 1. The first kappa shape index (κ1) is 22.9. The normalized spacial score (nSPS) is 17.9. The monoisotopic (exact) mass is 485 g/mol. The van der Waals surface area contributed by atoms with E-state index >= 15 is 0 Å². The highest BCUT2D eigenvalue weighted by Gasteiger charge is 2.25. The van der Waals surface area contributed by atoms with Gasteiger partial charge in [-0.15, -0.1) is 0 Å². The lowest BCUT2D eigenvalue weighted by atomic mass is 9.97. The molecule has 0 atom stereocenters. The third-order valence-corrected chi connectivity index (χ3v) is 7.94. The average Bonchev–Trinajstić information content (AvgIpc) is 2.88. The maximum absolute atomic E-state index is 13.1. The largest absolute Gasteiger partial charge is 0.378 e. The van der Waals surface area contributed by atoms with Crippen LogP contribution in [-0.2, 0) is 14.8 Å². The molecule has 0 radical (unpaired) electrons. The highest BCUT2D eigenvalue weighted by molar-refractivity contribution is 7.89. The fourth-order valence-corrected chi connectivity index (χ4v) is 5.63. The number of nitrogens with zero attached hydrogens (tertiary/aromatic N) is 4. The molecule has 2 aliphatic heterocycles. The SMILES string of the molecule is O=S(=O)(NCC1CCN(c2nc(N3CCOCC3)cc3ncccc23)CC1)c1ccc(F)cc1. The molecule has 0 aliphatic carbocycles. The zero-order valence-corrected chi connectivity index (χ0v) is 19.7. The van der Waals surface area contributed by atoms with Gasteiger partial charge in [-0.3, -0.25) is 4.98 Å². The molecule has 0 bridgehead atoms. The molecule has 10 heteroatoms. The molecule has 2 saturated heterocycles. The van der Waals surface area contributed by atoms with E-state index in [0.717, 1.165) is 73.7 Å². The first-order valence-corrected chi connectivity index (χ1v) is 13.1. The van der Waals surface area contributed by atoms with Gasteiger partial charge >= 0.3 is 0 Å². The van der Waals surface area contributed by atoms with E-state index in [4.69, 9.17) is 9.72 Å². The molecular weight excluding hydrogens is 457 g/mol. The molecular formula is C24H28FN5O3S. The Morgan fingerprint density at radius 3 is 2.50 bits per heavy atom. The van der Waals surface area contributed by atoms with E-state index in [1.165, 1.54) is 12.1 Å². The number of fused-ring (bicyclic) bond motifs is 1. The summed E-state index contributed by atoms with van der Waals surface area (Å²) in [7, 11) is -3.66. The van der Waals surface area contributed by atoms with Crippen LogP contribution in [0.1, 0.15) is 12.8 Å². The van der Waals surface area contributed by atoms with Crippen molar-refractivity contribution in [1.82, 2.24) is 14.7 Å². The predicted molar refractivity (Wildman–Crippen MR) is 129 cm³/mol. The second-order valence-corrected chi connectivity index (χ2v) is 10.5. The Morgan fingerprint density at radius 2 is 1.76 bits per heavy atom. The van der Waals surface area contributed by atoms with Gasteiger partial charge in [0.1, 0.15) is 17.5 Å². The van der Waals surface area contributed by atoms with E-state index in [2.05, 4.69) is 25.6 Å². The fraction of sp³-hybridized carbons (Fsp3) is 0.417. The molecule has 8 nitrogen and oxygen atoms in total. The molecule has 0 amide bonds. The molecule has 0 saturated carbocycles. The van der Waals surface area contributed by atoms with Crippen molar-refractivity contribution in [2.45, 2.75) is 17.7 Å². The summed E-state index contributed by atoms with van der Waals surface area (Å²) < 4.78 is 46.4. The molecule has 1 aromatic carbocycles. The highest BCUT2D eigenvalue weighted by Crippen LogP contribution is 2.31. The van der Waals surface area contributed by atoms with Crippen molar-refractivity contribution in [1.29, 1.82) is 0 Å². The van der Waals surface area contributed by atoms with E-state index in [1.807, 2.05) is 12.1 Å². The molecule has 180 valence electrons. The number of halogens is 1. The van der Waals surface area contributed by atoms with Gasteiger partial charge in [0.2, 0.25) is 10.0 Å². The summed E-state index contributed by atoms with van der Waals surface area (Å²) in [4.78, 5) is 14.2. The molecule has 1 N–H and O–H groups in total. The Hall–Kier alpha value is -2.82. The minimum atomic E-state index is -3.66. The summed E-state index contributed by atoms with van der Waals surface area (Å²) in [5.41, 5.74) is 0.920. The number of benzene rings is 1. The van der Waals surface area contributed by atoms with Crippen LogP contribution in [-0.4, -0.2) is 64.3 Å². The van der Waals surface area contributed by atoms with Crippen molar-refractivity contribution in [3.63, 3.8) is 0 Å². The number of hydrogen-bond donors (Lipinski definition) is 1. The van der Waals surface area contributed by atoms with Crippen molar-refractivity contribution in [3.05, 3.63) is 54.5 Å². The van der Waals surface area contributed by atoms with Gasteiger partial charge in [0.15, 0.2) is 0 Å². The zero-order valence-electron chi connectivity index (χ0n) is 18.9. The number of morpholine rings is 1. The summed E-state index contributed by atoms with van der Waals surface area (Å²) in [6.07, 6.45) is 3.49. The smallest absolute Gasteiger partial charge is 0.240 e. The Morgan fingerprint density at radius 1 is 1.03 bits per heavy atom. The van der Waals surface area contributed by atoms with Gasteiger partial charge in [0.05, 0.1) is 23.6 Å². The molecule has 5 rings (SSSR count). The predicted octanol–water partition coefficient (Wildman–Crippen LogP) is 2.80. The van der Waals surface area contributed by atoms with Crippen LogP contribution in [0.4, 0.5) is 16.0 Å². The number of aromatic nitrogens is 2. The summed E-state index contributed by atoms with van der Waals surface area (Å²) in [6, 6.07) is 10.9.